The average molecular weight is 280 g/mol. The van der Waals surface area contributed by atoms with Crippen LogP contribution in [0.3, 0.4) is 0 Å². The molecule has 0 saturated heterocycles. The van der Waals surface area contributed by atoms with Crippen molar-refractivity contribution in [2.45, 2.75) is 0 Å². The fraction of sp³-hybridized carbons (Fsp3) is 0. The van der Waals surface area contributed by atoms with E-state index in [0.29, 0.717) is 0 Å². The summed E-state index contributed by atoms with van der Waals surface area (Å²) >= 11 is 0. The van der Waals surface area contributed by atoms with Crippen molar-refractivity contribution in [3.63, 3.8) is 0 Å². The van der Waals surface area contributed by atoms with Crippen LogP contribution >= 0.6 is 12.4 Å². The van der Waals surface area contributed by atoms with Crippen LogP contribution in [0.1, 0.15) is 0 Å². The molecule has 0 aromatic rings. The summed E-state index contributed by atoms with van der Waals surface area (Å²) in [7, 11) is 0. The Morgan fingerprint density at radius 2 is 0.333 bits per heavy atom. The van der Waals surface area contributed by atoms with Gasteiger partial charge in [0, 0.05) is 0 Å². The number of rotatable bonds is 0. The molecule has 0 aliphatic rings. The molecule has 9 heteroatoms. The van der Waals surface area contributed by atoms with Gasteiger partial charge in [0.2, 0.25) is 0 Å². The van der Waals surface area contributed by atoms with Gasteiger partial charge in [0.05, 0.1) is 0 Å². The van der Waals surface area contributed by atoms with E-state index in [1.54, 1.807) is 0 Å². The van der Waals surface area contributed by atoms with Crippen LogP contribution in [0.5, 0.6) is 0 Å². The van der Waals surface area contributed by atoms with Crippen LogP contribution < -0.4 is 0 Å². The fourth-order valence-electron chi connectivity index (χ4n) is 0. The van der Waals surface area contributed by atoms with Crippen LogP contribution in [0.2, 0.25) is 0 Å². The molecule has 0 rings (SSSR count). The molecule has 7 nitrogen and oxygen atoms in total. The van der Waals surface area contributed by atoms with E-state index in [4.69, 9.17) is 0 Å². The molecule has 0 spiro atoms. The van der Waals surface area contributed by atoms with Crippen LogP contribution in [0.25, 0.3) is 0 Å². The Morgan fingerprint density at radius 1 is 0.333 bits per heavy atom. The predicted molar refractivity (Wildman–Crippen MR) is 42.5 cm³/mol. The van der Waals surface area contributed by atoms with E-state index in [1.165, 1.54) is 0 Å². The maximum atomic E-state index is 0. The molecule has 0 aromatic carbocycles. The van der Waals surface area contributed by atoms with E-state index < -0.39 is 0 Å². The van der Waals surface area contributed by atoms with Gasteiger partial charge in [0.15, 0.2) is 0 Å². The summed E-state index contributed by atoms with van der Waals surface area (Å²) in [6.45, 7) is 0. The standard InChI is InChI=1S/ClH.In.7H2O.3H/h1H;;7*1H2;;;. The first kappa shape index (κ1) is 1010. The second-order valence-corrected chi connectivity index (χ2v) is 0. The summed E-state index contributed by atoms with van der Waals surface area (Å²) < 4.78 is 0. The Bertz CT molecular complexity index is 8.88. The molecule has 0 bridgehead atoms. The van der Waals surface area contributed by atoms with Crippen LogP contribution in [-0.4, -0.2) is 64.2 Å². The van der Waals surface area contributed by atoms with Gasteiger partial charge in [-0.1, -0.05) is 0 Å². The van der Waals surface area contributed by atoms with E-state index in [9.17, 15) is 0 Å². The van der Waals surface area contributed by atoms with Crippen molar-refractivity contribution in [3.05, 3.63) is 0 Å². The van der Waals surface area contributed by atoms with Crippen LogP contribution in [0.15, 0.2) is 0 Å². The van der Waals surface area contributed by atoms with Crippen molar-refractivity contribution in [2.24, 2.45) is 0 Å². The molecule has 0 aromatic heterocycles. The molecule has 9 heavy (non-hydrogen) atoms. The molecule has 0 unspecified atom stereocenters. The first-order chi connectivity index (χ1) is 0. The first-order valence-electron chi connectivity index (χ1n) is 0. The van der Waals surface area contributed by atoms with E-state index in [-0.39, 0.29) is 76.6 Å². The third-order valence-corrected chi connectivity index (χ3v) is 0. The molecule has 0 saturated carbocycles. The van der Waals surface area contributed by atoms with Gasteiger partial charge in [0.1, 0.15) is 0 Å². The number of hydrogen-bond donors (Lipinski definition) is 0. The van der Waals surface area contributed by atoms with E-state index in [2.05, 4.69) is 0 Å². The van der Waals surface area contributed by atoms with Gasteiger partial charge >= 0.3 is 25.8 Å². The third kappa shape index (κ3) is 543. The van der Waals surface area contributed by atoms with Gasteiger partial charge in [-0.05, 0) is 0 Å². The molecule has 0 aliphatic heterocycles. The van der Waals surface area contributed by atoms with E-state index in [0.717, 1.165) is 0 Å². The van der Waals surface area contributed by atoms with Gasteiger partial charge in [-0.3, -0.25) is 0 Å². The molecule has 70 valence electrons. The minimum absolute atomic E-state index is 0. The summed E-state index contributed by atoms with van der Waals surface area (Å²) in [5.41, 5.74) is 0. The topological polar surface area (TPSA) is 220 Å². The van der Waals surface area contributed by atoms with Crippen LogP contribution in [-0.2, 0) is 0 Å². The summed E-state index contributed by atoms with van der Waals surface area (Å²) in [5.74, 6) is 0. The van der Waals surface area contributed by atoms with Crippen molar-refractivity contribution in [2.75, 3.05) is 0 Å². The average Bonchev–Trinajstić information content (AvgIpc) is 0. The summed E-state index contributed by atoms with van der Waals surface area (Å²) in [5, 5.41) is 0. The Labute approximate surface area is 76.8 Å². The molecule has 0 radical (unpaired) electrons. The zero-order valence-corrected chi connectivity index (χ0v) is 4.72. The SMILES string of the molecule is Cl.O.O.O.O.O.O.O.[InH3]. The van der Waals surface area contributed by atoms with E-state index in [1.807, 2.05) is 0 Å². The number of halogens is 1. The van der Waals surface area contributed by atoms with Gasteiger partial charge in [-0.15, -0.1) is 12.4 Å². The van der Waals surface area contributed by atoms with Gasteiger partial charge < -0.3 is 38.3 Å². The molecular formula is H18ClInO7. The molecule has 14 N–H and O–H groups in total. The normalized spacial score (nSPS) is 0. The monoisotopic (exact) mass is 280 g/mol. The van der Waals surface area contributed by atoms with Crippen molar-refractivity contribution < 1.29 is 38.3 Å². The van der Waals surface area contributed by atoms with Gasteiger partial charge in [-0.25, -0.2) is 0 Å². The van der Waals surface area contributed by atoms with Crippen LogP contribution in [0, 0.1) is 0 Å². The second kappa shape index (κ2) is 712. The number of hydrogen-bond acceptors (Lipinski definition) is 0. The zero-order valence-electron chi connectivity index (χ0n) is 3.91. The fourth-order valence-corrected chi connectivity index (χ4v) is 0. The zero-order chi connectivity index (χ0) is 0. The second-order valence-electron chi connectivity index (χ2n) is 0. The summed E-state index contributed by atoms with van der Waals surface area (Å²) in [4.78, 5) is 0. The van der Waals surface area contributed by atoms with Crippen molar-refractivity contribution >= 4 is 38.3 Å². The summed E-state index contributed by atoms with van der Waals surface area (Å²) in [6.07, 6.45) is 0. The van der Waals surface area contributed by atoms with Crippen molar-refractivity contribution in [1.82, 2.24) is 0 Å². The molecule has 0 heterocycles. The predicted octanol–water partition coefficient (Wildman–Crippen LogP) is -6.53. The molecule has 0 atom stereocenters. The first-order valence-corrected chi connectivity index (χ1v) is 0. The minimum atomic E-state index is 0. The van der Waals surface area contributed by atoms with Crippen molar-refractivity contribution in [3.8, 4) is 0 Å². The third-order valence-electron chi connectivity index (χ3n) is 0. The van der Waals surface area contributed by atoms with Crippen molar-refractivity contribution in [1.29, 1.82) is 0 Å². The Hall–Kier alpha value is 0.880. The molecular weight excluding hydrogens is 262 g/mol. The Kier molecular flexibility index (Phi) is 79600. The maximum absolute atomic E-state index is 0. The van der Waals surface area contributed by atoms with Gasteiger partial charge in [0.25, 0.3) is 0 Å². The molecule has 0 amide bonds. The van der Waals surface area contributed by atoms with Crippen LogP contribution in [0.4, 0.5) is 0 Å². The van der Waals surface area contributed by atoms with E-state index >= 15 is 0 Å². The quantitative estimate of drug-likeness (QED) is 0.403. The summed E-state index contributed by atoms with van der Waals surface area (Å²) in [6, 6.07) is 0. The molecule has 0 aliphatic carbocycles. The molecule has 0 fully saturated rings. The van der Waals surface area contributed by atoms with Gasteiger partial charge in [-0.2, -0.15) is 0 Å². The Balaban J connectivity index is 0. The Morgan fingerprint density at radius 3 is 0.333 bits per heavy atom.